The highest BCUT2D eigenvalue weighted by molar-refractivity contribution is 5.64. The van der Waals surface area contributed by atoms with Gasteiger partial charge >= 0.3 is 0 Å². The highest BCUT2D eigenvalue weighted by Crippen LogP contribution is 2.25. The molecule has 0 bridgehead atoms. The number of unbranched alkanes of at least 4 members (excludes halogenated alkanes) is 2. The van der Waals surface area contributed by atoms with Crippen molar-refractivity contribution in [3.05, 3.63) is 23.3 Å². The second kappa shape index (κ2) is 8.02. The zero-order chi connectivity index (χ0) is 13.4. The Morgan fingerprint density at radius 2 is 1.17 bits per heavy atom. The molecule has 2 nitrogen and oxygen atoms in total. The Hall–Kier alpha value is -1.18. The minimum Gasteiger partial charge on any atom is -0.385 e. The van der Waals surface area contributed by atoms with Crippen molar-refractivity contribution >= 4 is 11.4 Å². The van der Waals surface area contributed by atoms with Gasteiger partial charge in [-0.1, -0.05) is 26.7 Å². The highest BCUT2D eigenvalue weighted by atomic mass is 14.9. The molecular formula is C16H28N2. The van der Waals surface area contributed by atoms with Gasteiger partial charge in [-0.3, -0.25) is 0 Å². The van der Waals surface area contributed by atoms with Crippen molar-refractivity contribution < 1.29 is 0 Å². The Labute approximate surface area is 112 Å². The monoisotopic (exact) mass is 248 g/mol. The minimum absolute atomic E-state index is 1.07. The molecule has 0 spiro atoms. The van der Waals surface area contributed by atoms with Crippen molar-refractivity contribution in [2.75, 3.05) is 23.7 Å². The molecule has 0 aliphatic carbocycles. The van der Waals surface area contributed by atoms with Crippen molar-refractivity contribution in [3.63, 3.8) is 0 Å². The predicted octanol–water partition coefficient (Wildman–Crippen LogP) is 4.73. The van der Waals surface area contributed by atoms with Crippen LogP contribution in [0.5, 0.6) is 0 Å². The molecule has 0 fully saturated rings. The van der Waals surface area contributed by atoms with E-state index in [1.807, 2.05) is 0 Å². The van der Waals surface area contributed by atoms with Gasteiger partial charge in [0, 0.05) is 24.5 Å². The molecule has 1 rings (SSSR count). The minimum atomic E-state index is 1.07. The van der Waals surface area contributed by atoms with Gasteiger partial charge in [-0.05, 0) is 49.9 Å². The molecule has 0 radical (unpaired) electrons. The molecule has 0 aliphatic rings. The van der Waals surface area contributed by atoms with Crippen LogP contribution in [0.2, 0.25) is 0 Å². The fraction of sp³-hybridized carbons (Fsp3) is 0.625. The van der Waals surface area contributed by atoms with E-state index in [4.69, 9.17) is 0 Å². The number of rotatable bonds is 8. The summed E-state index contributed by atoms with van der Waals surface area (Å²) in [7, 11) is 0. The van der Waals surface area contributed by atoms with E-state index in [1.54, 1.807) is 0 Å². The van der Waals surface area contributed by atoms with Crippen LogP contribution in [0.4, 0.5) is 11.4 Å². The Morgan fingerprint density at radius 1 is 0.778 bits per heavy atom. The molecule has 0 amide bonds. The van der Waals surface area contributed by atoms with E-state index in [9.17, 15) is 0 Å². The van der Waals surface area contributed by atoms with E-state index in [2.05, 4.69) is 50.5 Å². The van der Waals surface area contributed by atoms with Gasteiger partial charge in [0.2, 0.25) is 0 Å². The predicted molar refractivity (Wildman–Crippen MR) is 82.7 cm³/mol. The van der Waals surface area contributed by atoms with Crippen LogP contribution in [0.1, 0.15) is 50.7 Å². The molecule has 0 saturated heterocycles. The molecule has 2 heteroatoms. The standard InChI is InChI=1S/C16H28N2/c1-5-7-11-17-15-9-10-16(14(4)13(15)3)18-12-8-6-2/h9-10,17-18H,5-8,11-12H2,1-4H3. The van der Waals surface area contributed by atoms with Crippen LogP contribution in [-0.2, 0) is 0 Å². The maximum Gasteiger partial charge on any atom is 0.0374 e. The Kier molecular flexibility index (Phi) is 6.63. The van der Waals surface area contributed by atoms with Crippen LogP contribution in [0.3, 0.4) is 0 Å². The van der Waals surface area contributed by atoms with Crippen LogP contribution in [0, 0.1) is 13.8 Å². The quantitative estimate of drug-likeness (QED) is 0.650. The average Bonchev–Trinajstić information content (AvgIpc) is 2.37. The van der Waals surface area contributed by atoms with E-state index < -0.39 is 0 Å². The molecule has 18 heavy (non-hydrogen) atoms. The Bertz CT molecular complexity index is 323. The third kappa shape index (κ3) is 4.25. The normalized spacial score (nSPS) is 10.4. The van der Waals surface area contributed by atoms with Gasteiger partial charge < -0.3 is 10.6 Å². The maximum absolute atomic E-state index is 3.52. The molecule has 0 atom stereocenters. The van der Waals surface area contributed by atoms with E-state index >= 15 is 0 Å². The summed E-state index contributed by atoms with van der Waals surface area (Å²) < 4.78 is 0. The number of benzene rings is 1. The number of hydrogen-bond donors (Lipinski definition) is 2. The van der Waals surface area contributed by atoms with Gasteiger partial charge in [-0.15, -0.1) is 0 Å². The molecule has 1 aromatic carbocycles. The van der Waals surface area contributed by atoms with Crippen molar-refractivity contribution in [2.24, 2.45) is 0 Å². The first-order valence-electron chi connectivity index (χ1n) is 7.28. The lowest BCUT2D eigenvalue weighted by atomic mass is 10.1. The van der Waals surface area contributed by atoms with Crippen LogP contribution < -0.4 is 10.6 Å². The number of nitrogens with one attached hydrogen (secondary N) is 2. The number of anilines is 2. The first kappa shape index (κ1) is 14.9. The summed E-state index contributed by atoms with van der Waals surface area (Å²) in [4.78, 5) is 0. The fourth-order valence-electron chi connectivity index (χ4n) is 2.00. The zero-order valence-corrected chi connectivity index (χ0v) is 12.4. The number of hydrogen-bond acceptors (Lipinski definition) is 2. The average molecular weight is 248 g/mol. The van der Waals surface area contributed by atoms with Gasteiger partial charge in [0.25, 0.3) is 0 Å². The fourth-order valence-corrected chi connectivity index (χ4v) is 2.00. The molecule has 0 aliphatic heterocycles. The highest BCUT2D eigenvalue weighted by Gasteiger charge is 2.05. The summed E-state index contributed by atoms with van der Waals surface area (Å²) in [5.74, 6) is 0. The summed E-state index contributed by atoms with van der Waals surface area (Å²) in [5.41, 5.74) is 5.30. The van der Waals surface area contributed by atoms with Crippen LogP contribution >= 0.6 is 0 Å². The van der Waals surface area contributed by atoms with Gasteiger partial charge in [-0.25, -0.2) is 0 Å². The smallest absolute Gasteiger partial charge is 0.0374 e. The Balaban J connectivity index is 2.65. The van der Waals surface area contributed by atoms with E-state index in [0.717, 1.165) is 13.1 Å². The largest absolute Gasteiger partial charge is 0.385 e. The molecule has 0 heterocycles. The third-order valence-corrected chi connectivity index (χ3v) is 3.48. The van der Waals surface area contributed by atoms with Crippen LogP contribution in [-0.4, -0.2) is 13.1 Å². The summed E-state index contributed by atoms with van der Waals surface area (Å²) in [6, 6.07) is 4.40. The van der Waals surface area contributed by atoms with Crippen molar-refractivity contribution in [3.8, 4) is 0 Å². The topological polar surface area (TPSA) is 24.1 Å². The van der Waals surface area contributed by atoms with Crippen molar-refractivity contribution in [2.45, 2.75) is 53.4 Å². The van der Waals surface area contributed by atoms with Crippen LogP contribution in [0.25, 0.3) is 0 Å². The summed E-state index contributed by atoms with van der Waals surface area (Å²) in [5, 5.41) is 7.04. The lowest BCUT2D eigenvalue weighted by Crippen LogP contribution is -2.07. The lowest BCUT2D eigenvalue weighted by molar-refractivity contribution is 0.831. The molecule has 0 saturated carbocycles. The van der Waals surface area contributed by atoms with Crippen molar-refractivity contribution in [1.82, 2.24) is 0 Å². The zero-order valence-electron chi connectivity index (χ0n) is 12.4. The van der Waals surface area contributed by atoms with Gasteiger partial charge in [0.15, 0.2) is 0 Å². The summed E-state index contributed by atoms with van der Waals surface area (Å²) >= 11 is 0. The van der Waals surface area contributed by atoms with Crippen molar-refractivity contribution in [1.29, 1.82) is 0 Å². The van der Waals surface area contributed by atoms with Gasteiger partial charge in [0.1, 0.15) is 0 Å². The molecular weight excluding hydrogens is 220 g/mol. The molecule has 0 aromatic heterocycles. The molecule has 1 aromatic rings. The lowest BCUT2D eigenvalue weighted by Gasteiger charge is -2.16. The van der Waals surface area contributed by atoms with Gasteiger partial charge in [0.05, 0.1) is 0 Å². The SMILES string of the molecule is CCCCNc1ccc(NCCCC)c(C)c1C. The third-order valence-electron chi connectivity index (χ3n) is 3.48. The Morgan fingerprint density at radius 3 is 1.50 bits per heavy atom. The van der Waals surface area contributed by atoms with Crippen LogP contribution in [0.15, 0.2) is 12.1 Å². The van der Waals surface area contributed by atoms with E-state index in [0.29, 0.717) is 0 Å². The van der Waals surface area contributed by atoms with E-state index in [-0.39, 0.29) is 0 Å². The van der Waals surface area contributed by atoms with E-state index in [1.165, 1.54) is 48.2 Å². The second-order valence-electron chi connectivity index (χ2n) is 4.97. The first-order chi connectivity index (χ1) is 8.70. The first-order valence-corrected chi connectivity index (χ1v) is 7.28. The van der Waals surface area contributed by atoms with Gasteiger partial charge in [-0.2, -0.15) is 0 Å². The maximum atomic E-state index is 3.52. The summed E-state index contributed by atoms with van der Waals surface area (Å²) in [6.07, 6.45) is 4.94. The second-order valence-corrected chi connectivity index (χ2v) is 4.97. The summed E-state index contributed by atoms with van der Waals surface area (Å²) in [6.45, 7) is 11.0. The molecule has 2 N–H and O–H groups in total. The molecule has 102 valence electrons. The molecule has 0 unspecified atom stereocenters.